The molecule has 3 aliphatic rings. The number of carbonyl (C=O) groups is 4. The van der Waals surface area contributed by atoms with Crippen LogP contribution in [-0.2, 0) is 49.3 Å². The Balaban J connectivity index is 1.71. The summed E-state index contributed by atoms with van der Waals surface area (Å²) in [6, 6.07) is 9.40. The first-order valence-corrected chi connectivity index (χ1v) is 14.3. The molecule has 0 saturated carbocycles. The van der Waals surface area contributed by atoms with Crippen LogP contribution in [-0.4, -0.2) is 104 Å². The number of fused-ring (bicyclic) bond motifs is 2. The minimum absolute atomic E-state index is 0.136. The van der Waals surface area contributed by atoms with Gasteiger partial charge in [0, 0.05) is 25.9 Å². The first-order chi connectivity index (χ1) is 20.7. The monoisotopic (exact) mass is 622 g/mol. The number of hydrogen-bond acceptors (Lipinski definition) is 11. The zero-order chi connectivity index (χ0) is 32.4. The largest absolute Gasteiger partial charge is 0.479 e. The van der Waals surface area contributed by atoms with Gasteiger partial charge in [0.05, 0.1) is 0 Å². The lowest BCUT2D eigenvalue weighted by Gasteiger charge is -2.48. The van der Waals surface area contributed by atoms with Crippen molar-refractivity contribution in [3.8, 4) is 0 Å². The SMILES string of the molecule is C=C(CCC12OC(C(=O)O)C(O)(C(=O)O)C(C(=O)O)(O1)C(O)C2OC1CCCCO1)C(OC(C)=O)C(C)Cc1ccccc1. The molecule has 3 saturated heterocycles. The number of aliphatic hydroxyl groups is 2. The lowest BCUT2D eigenvalue weighted by Crippen LogP contribution is -2.77. The summed E-state index contributed by atoms with van der Waals surface area (Å²) < 4.78 is 28.5. The molecule has 2 bridgehead atoms. The van der Waals surface area contributed by atoms with Gasteiger partial charge in [-0.3, -0.25) is 4.79 Å². The standard InChI is InChI=1S/C30H38O14/c1-16(21(41-18(3)31)17(2)15-19-9-5-4-6-10-19)12-13-28-23(42-20-11-7-8-14-40-20)22(32)30(44-28,27(37)38)29(39,26(35)36)24(43-28)25(33)34/h4-6,9-10,17,20-24,32,39H,1,7-8,11-15H2,2-3H3,(H,33,34)(H,35,36)(H,37,38). The highest BCUT2D eigenvalue weighted by molar-refractivity contribution is 5.97. The van der Waals surface area contributed by atoms with E-state index in [1.54, 1.807) is 0 Å². The van der Waals surface area contributed by atoms with Gasteiger partial charge >= 0.3 is 23.9 Å². The summed E-state index contributed by atoms with van der Waals surface area (Å²) >= 11 is 0. The second-order valence-electron chi connectivity index (χ2n) is 11.5. The van der Waals surface area contributed by atoms with Crippen LogP contribution in [0, 0.1) is 5.92 Å². The molecule has 1 aromatic rings. The van der Waals surface area contributed by atoms with E-state index in [4.69, 9.17) is 23.7 Å². The molecule has 4 rings (SSSR count). The van der Waals surface area contributed by atoms with Crippen LogP contribution in [0.2, 0.25) is 0 Å². The highest BCUT2D eigenvalue weighted by atomic mass is 16.8. The van der Waals surface area contributed by atoms with Crippen LogP contribution in [0.25, 0.3) is 0 Å². The molecule has 44 heavy (non-hydrogen) atoms. The molecule has 0 radical (unpaired) electrons. The second kappa shape index (κ2) is 12.9. The van der Waals surface area contributed by atoms with Gasteiger partial charge in [0.25, 0.3) is 0 Å². The summed E-state index contributed by atoms with van der Waals surface area (Å²) in [5.74, 6) is -9.74. The predicted molar refractivity (Wildman–Crippen MR) is 147 cm³/mol. The average Bonchev–Trinajstić information content (AvgIpc) is 3.19. The first-order valence-electron chi connectivity index (χ1n) is 14.3. The van der Waals surface area contributed by atoms with E-state index in [9.17, 15) is 44.7 Å². The summed E-state index contributed by atoms with van der Waals surface area (Å²) in [6.45, 7) is 7.42. The summed E-state index contributed by atoms with van der Waals surface area (Å²) in [5.41, 5.74) is -5.91. The van der Waals surface area contributed by atoms with Gasteiger partial charge in [-0.1, -0.05) is 43.8 Å². The van der Waals surface area contributed by atoms with Gasteiger partial charge in [0.15, 0.2) is 6.29 Å². The minimum Gasteiger partial charge on any atom is -0.479 e. The molecule has 5 N–H and O–H groups in total. The average molecular weight is 623 g/mol. The smallest absolute Gasteiger partial charge is 0.343 e. The van der Waals surface area contributed by atoms with E-state index in [0.717, 1.165) is 5.56 Å². The van der Waals surface area contributed by atoms with Crippen molar-refractivity contribution >= 4 is 23.9 Å². The van der Waals surface area contributed by atoms with Crippen LogP contribution >= 0.6 is 0 Å². The van der Waals surface area contributed by atoms with Gasteiger partial charge in [-0.15, -0.1) is 0 Å². The molecular formula is C30H38O14. The molecule has 0 aromatic heterocycles. The van der Waals surface area contributed by atoms with Crippen molar-refractivity contribution in [1.29, 1.82) is 0 Å². The van der Waals surface area contributed by atoms with E-state index < -0.39 is 78.0 Å². The van der Waals surface area contributed by atoms with Crippen LogP contribution in [0.5, 0.6) is 0 Å². The Morgan fingerprint density at radius 1 is 1.09 bits per heavy atom. The number of esters is 1. The highest BCUT2D eigenvalue weighted by Crippen LogP contribution is 2.56. The van der Waals surface area contributed by atoms with Crippen molar-refractivity contribution in [2.24, 2.45) is 5.92 Å². The molecular weight excluding hydrogens is 584 g/mol. The Hall–Kier alpha value is -3.40. The van der Waals surface area contributed by atoms with Gasteiger partial charge in [0.1, 0.15) is 18.3 Å². The number of ether oxygens (including phenoxy) is 5. The lowest BCUT2D eigenvalue weighted by molar-refractivity contribution is -0.381. The van der Waals surface area contributed by atoms with E-state index in [1.807, 2.05) is 37.3 Å². The predicted octanol–water partition coefficient (Wildman–Crippen LogP) is 1.26. The normalized spacial score (nSPS) is 34.5. The molecule has 3 aliphatic heterocycles. The number of aliphatic carboxylic acids is 3. The van der Waals surface area contributed by atoms with Crippen LogP contribution in [0.15, 0.2) is 42.5 Å². The number of benzene rings is 1. The summed E-state index contributed by atoms with van der Waals surface area (Å²) in [4.78, 5) is 49.4. The number of carboxylic acids is 3. The maximum Gasteiger partial charge on any atom is 0.343 e. The summed E-state index contributed by atoms with van der Waals surface area (Å²) in [5, 5.41) is 52.8. The molecule has 14 heteroatoms. The topological polar surface area (TPSA) is 216 Å². The fourth-order valence-corrected chi connectivity index (χ4v) is 6.31. The molecule has 0 amide bonds. The molecule has 14 nitrogen and oxygen atoms in total. The quantitative estimate of drug-likeness (QED) is 0.155. The Bertz CT molecular complexity index is 1260. The van der Waals surface area contributed by atoms with Crippen LogP contribution in [0.4, 0.5) is 0 Å². The van der Waals surface area contributed by atoms with E-state index in [0.29, 0.717) is 31.3 Å². The van der Waals surface area contributed by atoms with E-state index >= 15 is 0 Å². The molecule has 242 valence electrons. The third-order valence-electron chi connectivity index (χ3n) is 8.45. The van der Waals surface area contributed by atoms with Gasteiger partial charge in [-0.25, -0.2) is 14.4 Å². The molecule has 3 heterocycles. The molecule has 9 atom stereocenters. The van der Waals surface area contributed by atoms with Crippen molar-refractivity contribution in [3.05, 3.63) is 48.0 Å². The van der Waals surface area contributed by atoms with Crippen molar-refractivity contribution in [2.45, 2.75) is 100 Å². The maximum absolute atomic E-state index is 12.7. The Kier molecular flexibility index (Phi) is 9.83. The van der Waals surface area contributed by atoms with Crippen LogP contribution < -0.4 is 0 Å². The molecule has 0 spiro atoms. The van der Waals surface area contributed by atoms with Gasteiger partial charge in [-0.2, -0.15) is 0 Å². The van der Waals surface area contributed by atoms with Gasteiger partial charge < -0.3 is 49.2 Å². The van der Waals surface area contributed by atoms with Crippen molar-refractivity contribution in [2.75, 3.05) is 6.61 Å². The van der Waals surface area contributed by atoms with Crippen LogP contribution in [0.3, 0.4) is 0 Å². The number of hydrogen-bond donors (Lipinski definition) is 5. The molecule has 9 unspecified atom stereocenters. The third kappa shape index (κ3) is 5.85. The van der Waals surface area contributed by atoms with Gasteiger partial charge in [0.2, 0.25) is 23.1 Å². The summed E-state index contributed by atoms with van der Waals surface area (Å²) in [7, 11) is 0. The Morgan fingerprint density at radius 3 is 2.32 bits per heavy atom. The first kappa shape index (κ1) is 33.5. The number of aliphatic hydroxyl groups excluding tert-OH is 1. The fourth-order valence-electron chi connectivity index (χ4n) is 6.31. The molecule has 3 fully saturated rings. The van der Waals surface area contributed by atoms with Crippen molar-refractivity contribution < 1.29 is 68.4 Å². The fraction of sp³-hybridized carbons (Fsp3) is 0.600. The molecule has 0 aliphatic carbocycles. The van der Waals surface area contributed by atoms with Crippen molar-refractivity contribution in [3.63, 3.8) is 0 Å². The molecule has 1 aromatic carbocycles. The lowest BCUT2D eigenvalue weighted by atomic mass is 9.74. The number of carbonyl (C=O) groups excluding carboxylic acids is 1. The Morgan fingerprint density at radius 2 is 1.77 bits per heavy atom. The van der Waals surface area contributed by atoms with E-state index in [1.165, 1.54) is 6.92 Å². The summed E-state index contributed by atoms with van der Waals surface area (Å²) in [6.07, 6.45) is -7.17. The van der Waals surface area contributed by atoms with E-state index in [2.05, 4.69) is 6.58 Å². The zero-order valence-electron chi connectivity index (χ0n) is 24.4. The maximum atomic E-state index is 12.7. The zero-order valence-corrected chi connectivity index (χ0v) is 24.4. The van der Waals surface area contributed by atoms with Crippen molar-refractivity contribution in [1.82, 2.24) is 0 Å². The second-order valence-corrected chi connectivity index (χ2v) is 11.5. The van der Waals surface area contributed by atoms with Gasteiger partial charge in [-0.05, 0) is 43.2 Å². The van der Waals surface area contributed by atoms with Crippen LogP contribution in [0.1, 0.15) is 51.5 Å². The number of carboxylic acid groups (broad SMARTS) is 3. The highest BCUT2D eigenvalue weighted by Gasteiger charge is 2.85. The third-order valence-corrected chi connectivity index (χ3v) is 8.45. The van der Waals surface area contributed by atoms with E-state index in [-0.39, 0.29) is 18.9 Å². The Labute approximate surface area is 253 Å². The minimum atomic E-state index is -3.78. The number of rotatable bonds is 13.